The average Bonchev–Trinajstić information content (AvgIpc) is 2.31. The van der Waals surface area contributed by atoms with E-state index < -0.39 is 11.5 Å². The van der Waals surface area contributed by atoms with Gasteiger partial charge in [-0.05, 0) is 36.4 Å². The Morgan fingerprint density at radius 2 is 2.15 bits per heavy atom. The molecule has 1 rings (SSSR count). The highest BCUT2D eigenvalue weighted by Gasteiger charge is 2.31. The number of halogens is 4. The summed E-state index contributed by atoms with van der Waals surface area (Å²) in [6.07, 6.45) is -0.293. The van der Waals surface area contributed by atoms with Crippen molar-refractivity contribution in [2.24, 2.45) is 0 Å². The maximum Gasteiger partial charge on any atom is 0.446 e. The van der Waals surface area contributed by atoms with Gasteiger partial charge in [-0.15, -0.1) is 0 Å². The number of benzene rings is 1. The second-order valence-electron chi connectivity index (χ2n) is 3.58. The van der Waals surface area contributed by atoms with Crippen molar-refractivity contribution in [2.45, 2.75) is 23.7 Å². The van der Waals surface area contributed by atoms with Crippen LogP contribution in [0, 0.1) is 11.3 Å². The lowest BCUT2D eigenvalue weighted by Gasteiger charge is -2.13. The van der Waals surface area contributed by atoms with Gasteiger partial charge in [0.05, 0.1) is 24.7 Å². The maximum atomic E-state index is 12.5. The zero-order chi connectivity index (χ0) is 15.3. The highest BCUT2D eigenvalue weighted by atomic mass is 79.9. The Morgan fingerprint density at radius 3 is 2.65 bits per heavy atom. The van der Waals surface area contributed by atoms with Crippen LogP contribution in [0.3, 0.4) is 0 Å². The van der Waals surface area contributed by atoms with Crippen molar-refractivity contribution in [1.82, 2.24) is 0 Å². The second-order valence-corrected chi connectivity index (χ2v) is 5.54. The molecule has 0 bridgehead atoms. The van der Waals surface area contributed by atoms with Crippen LogP contribution in [0.4, 0.5) is 13.2 Å². The van der Waals surface area contributed by atoms with Crippen LogP contribution in [-0.2, 0) is 16.0 Å². The summed E-state index contributed by atoms with van der Waals surface area (Å²) in [6.45, 7) is 1.76. The van der Waals surface area contributed by atoms with Crippen LogP contribution in [0.15, 0.2) is 21.5 Å². The fourth-order valence-corrected chi connectivity index (χ4v) is 2.89. The third-order valence-electron chi connectivity index (χ3n) is 2.14. The molecule has 0 heterocycles. The van der Waals surface area contributed by atoms with Crippen LogP contribution >= 0.6 is 27.7 Å². The Bertz CT molecular complexity index is 555. The molecule has 0 aliphatic carbocycles. The fraction of sp³-hybridized carbons (Fsp3) is 0.333. The first-order valence-corrected chi connectivity index (χ1v) is 7.01. The van der Waals surface area contributed by atoms with Crippen molar-refractivity contribution in [2.75, 3.05) is 6.61 Å². The van der Waals surface area contributed by atoms with Gasteiger partial charge in [0.25, 0.3) is 0 Å². The van der Waals surface area contributed by atoms with E-state index in [1.165, 1.54) is 6.07 Å². The highest BCUT2D eigenvalue weighted by Crippen LogP contribution is 2.41. The molecule has 0 unspecified atom stereocenters. The molecule has 20 heavy (non-hydrogen) atoms. The highest BCUT2D eigenvalue weighted by molar-refractivity contribution is 9.10. The molecule has 0 fully saturated rings. The normalized spacial score (nSPS) is 11.0. The van der Waals surface area contributed by atoms with Crippen LogP contribution in [-0.4, -0.2) is 18.1 Å². The van der Waals surface area contributed by atoms with Crippen LogP contribution in [0.5, 0.6) is 0 Å². The van der Waals surface area contributed by atoms with E-state index in [1.54, 1.807) is 13.0 Å². The first-order valence-electron chi connectivity index (χ1n) is 5.40. The molecule has 8 heteroatoms. The van der Waals surface area contributed by atoms with Gasteiger partial charge in [-0.3, -0.25) is 4.79 Å². The number of esters is 1. The minimum atomic E-state index is -4.50. The number of alkyl halides is 3. The maximum absolute atomic E-state index is 12.5. The number of thioether (sulfide) groups is 1. The lowest BCUT2D eigenvalue weighted by atomic mass is 10.1. The lowest BCUT2D eigenvalue weighted by molar-refractivity contribution is -0.142. The first-order chi connectivity index (χ1) is 9.26. The molecule has 108 valence electrons. The molecule has 0 aliphatic rings. The molecule has 1 aromatic rings. The molecule has 0 atom stereocenters. The van der Waals surface area contributed by atoms with Gasteiger partial charge in [-0.2, -0.15) is 18.4 Å². The number of hydrogen-bond acceptors (Lipinski definition) is 4. The number of nitriles is 1. The minimum absolute atomic E-state index is 0.0798. The standard InChI is InChI=1S/C12H9BrF3NO2S/c1-2-19-11(18)5-8-9(13)3-7(6-17)4-10(8)20-12(14,15)16/h3-4H,2,5H2,1H3. The van der Waals surface area contributed by atoms with Crippen LogP contribution < -0.4 is 0 Å². The van der Waals surface area contributed by atoms with Crippen molar-refractivity contribution in [3.63, 3.8) is 0 Å². The zero-order valence-corrected chi connectivity index (χ0v) is 12.7. The molecular weight excluding hydrogens is 359 g/mol. The van der Waals surface area contributed by atoms with E-state index in [4.69, 9.17) is 10.00 Å². The average molecular weight is 368 g/mol. The van der Waals surface area contributed by atoms with E-state index in [0.29, 0.717) is 0 Å². The summed E-state index contributed by atoms with van der Waals surface area (Å²) in [4.78, 5) is 11.3. The third-order valence-corrected chi connectivity index (χ3v) is 3.66. The predicted octanol–water partition coefficient (Wildman–Crippen LogP) is 4.04. The van der Waals surface area contributed by atoms with Crippen LogP contribution in [0.25, 0.3) is 0 Å². The molecule has 0 saturated heterocycles. The van der Waals surface area contributed by atoms with E-state index in [2.05, 4.69) is 15.9 Å². The molecule has 1 aromatic carbocycles. The van der Waals surface area contributed by atoms with Gasteiger partial charge < -0.3 is 4.74 Å². The molecule has 0 amide bonds. The minimum Gasteiger partial charge on any atom is -0.466 e. The number of rotatable bonds is 4. The predicted molar refractivity (Wildman–Crippen MR) is 71.1 cm³/mol. The third kappa shape index (κ3) is 5.06. The smallest absolute Gasteiger partial charge is 0.446 e. The van der Waals surface area contributed by atoms with Crippen LogP contribution in [0.1, 0.15) is 18.1 Å². The summed E-state index contributed by atoms with van der Waals surface area (Å²) in [5.41, 5.74) is -4.27. The topological polar surface area (TPSA) is 50.1 Å². The molecule has 0 aliphatic heterocycles. The Hall–Kier alpha value is -1.20. The van der Waals surface area contributed by atoms with Gasteiger partial charge in [-0.1, -0.05) is 15.9 Å². The fourth-order valence-electron chi connectivity index (χ4n) is 1.42. The Balaban J connectivity index is 3.19. The molecule has 0 N–H and O–H groups in total. The van der Waals surface area contributed by atoms with Gasteiger partial charge in [-0.25, -0.2) is 0 Å². The van der Waals surface area contributed by atoms with E-state index in [9.17, 15) is 18.0 Å². The number of carbonyl (C=O) groups excluding carboxylic acids is 1. The molecule has 0 saturated carbocycles. The Morgan fingerprint density at radius 1 is 1.50 bits per heavy atom. The number of hydrogen-bond donors (Lipinski definition) is 0. The lowest BCUT2D eigenvalue weighted by Crippen LogP contribution is -2.10. The molecular formula is C12H9BrF3NO2S. The number of ether oxygens (including phenoxy) is 1. The monoisotopic (exact) mass is 367 g/mol. The van der Waals surface area contributed by atoms with E-state index in [0.717, 1.165) is 6.07 Å². The van der Waals surface area contributed by atoms with Crippen molar-refractivity contribution >= 4 is 33.7 Å². The Labute approximate surface area is 126 Å². The van der Waals surface area contributed by atoms with E-state index in [-0.39, 0.29) is 45.3 Å². The largest absolute Gasteiger partial charge is 0.466 e. The number of carbonyl (C=O) groups is 1. The molecule has 0 aromatic heterocycles. The Kier molecular flexibility index (Phi) is 5.89. The van der Waals surface area contributed by atoms with E-state index in [1.807, 2.05) is 0 Å². The van der Waals surface area contributed by atoms with Gasteiger partial charge in [0.1, 0.15) is 0 Å². The van der Waals surface area contributed by atoms with Crippen molar-refractivity contribution in [3.05, 3.63) is 27.7 Å². The van der Waals surface area contributed by atoms with Gasteiger partial charge >= 0.3 is 11.5 Å². The zero-order valence-electron chi connectivity index (χ0n) is 10.3. The molecule has 3 nitrogen and oxygen atoms in total. The summed E-state index contributed by atoms with van der Waals surface area (Å²) in [5.74, 6) is -0.623. The first kappa shape index (κ1) is 16.9. The van der Waals surface area contributed by atoms with Crippen molar-refractivity contribution in [1.29, 1.82) is 5.26 Å². The summed E-state index contributed by atoms with van der Waals surface area (Å²) >= 11 is 2.73. The molecule has 0 spiro atoms. The van der Waals surface area contributed by atoms with E-state index >= 15 is 0 Å². The summed E-state index contributed by atoms with van der Waals surface area (Å²) in [7, 11) is 0. The van der Waals surface area contributed by atoms with Gasteiger partial charge in [0.15, 0.2) is 0 Å². The summed E-state index contributed by atoms with van der Waals surface area (Å²) < 4.78 is 42.6. The summed E-state index contributed by atoms with van der Waals surface area (Å²) in [5, 5.41) is 8.79. The van der Waals surface area contributed by atoms with Crippen LogP contribution in [0.2, 0.25) is 0 Å². The van der Waals surface area contributed by atoms with Crippen molar-refractivity contribution < 1.29 is 22.7 Å². The van der Waals surface area contributed by atoms with Crippen molar-refractivity contribution in [3.8, 4) is 6.07 Å². The second kappa shape index (κ2) is 6.99. The SMILES string of the molecule is CCOC(=O)Cc1c(Br)cc(C#N)cc1SC(F)(F)F. The van der Waals surface area contributed by atoms with Gasteiger partial charge in [0, 0.05) is 9.37 Å². The molecule has 0 radical (unpaired) electrons. The number of nitrogens with zero attached hydrogens (tertiary/aromatic N) is 1. The summed E-state index contributed by atoms with van der Waals surface area (Å²) in [6, 6.07) is 4.25. The quantitative estimate of drug-likeness (QED) is 0.595. The van der Waals surface area contributed by atoms with Gasteiger partial charge in [0.2, 0.25) is 0 Å².